The van der Waals surface area contributed by atoms with Crippen LogP contribution >= 0.6 is 23.2 Å². The minimum Gasteiger partial charge on any atom is -0.478 e. The van der Waals surface area contributed by atoms with Crippen LogP contribution in [-0.4, -0.2) is 23.7 Å². The van der Waals surface area contributed by atoms with Crippen LogP contribution in [0, 0.1) is 0 Å². The Hall–Kier alpha value is -1.26. The van der Waals surface area contributed by atoms with Gasteiger partial charge in [-0.2, -0.15) is 0 Å². The fraction of sp³-hybridized carbons (Fsp3) is 0.200. The second kappa shape index (κ2) is 10.3. The summed E-state index contributed by atoms with van der Waals surface area (Å²) in [6, 6.07) is 0. The second-order valence-electron chi connectivity index (χ2n) is 2.26. The molecule has 0 aliphatic rings. The lowest BCUT2D eigenvalue weighted by Crippen LogP contribution is -2.05. The van der Waals surface area contributed by atoms with Gasteiger partial charge < -0.3 is 9.84 Å². The van der Waals surface area contributed by atoms with Crippen molar-refractivity contribution in [1.29, 1.82) is 0 Å². The minimum atomic E-state index is -1.12. The first-order chi connectivity index (χ1) is 7.31. The van der Waals surface area contributed by atoms with E-state index in [2.05, 4.69) is 17.9 Å². The van der Waals surface area contributed by atoms with E-state index < -0.39 is 11.9 Å². The molecule has 0 saturated carbocycles. The van der Waals surface area contributed by atoms with Gasteiger partial charge in [-0.3, -0.25) is 0 Å². The number of halogens is 2. The van der Waals surface area contributed by atoms with Gasteiger partial charge in [0.25, 0.3) is 0 Å². The van der Waals surface area contributed by atoms with Gasteiger partial charge in [-0.25, -0.2) is 9.59 Å². The number of carboxylic acid groups (broad SMARTS) is 1. The first-order valence-corrected chi connectivity index (χ1v) is 4.83. The second-order valence-corrected chi connectivity index (χ2v) is 3.36. The molecule has 0 spiro atoms. The maximum atomic E-state index is 10.8. The average molecular weight is 267 g/mol. The van der Waals surface area contributed by atoms with Gasteiger partial charge >= 0.3 is 11.9 Å². The quantitative estimate of drug-likeness (QED) is 0.483. The fourth-order valence-electron chi connectivity index (χ4n) is 0.464. The number of rotatable bonds is 4. The van der Waals surface area contributed by atoms with Crippen LogP contribution in [0.1, 0.15) is 6.92 Å². The zero-order valence-corrected chi connectivity index (χ0v) is 10.2. The third-order valence-electron chi connectivity index (χ3n) is 0.965. The monoisotopic (exact) mass is 266 g/mol. The maximum absolute atomic E-state index is 10.8. The number of hydrogen-bond donors (Lipinski definition) is 1. The number of hydrogen-bond acceptors (Lipinski definition) is 3. The molecule has 6 heteroatoms. The third-order valence-corrected chi connectivity index (χ3v) is 0.965. The van der Waals surface area contributed by atoms with Crippen LogP contribution in [0.2, 0.25) is 0 Å². The van der Waals surface area contributed by atoms with E-state index in [1.165, 1.54) is 0 Å². The Bertz CT molecular complexity index is 304. The molecule has 0 unspecified atom stereocenters. The molecule has 90 valence electrons. The Morgan fingerprint density at radius 2 is 1.75 bits per heavy atom. The highest BCUT2D eigenvalue weighted by Crippen LogP contribution is 1.98. The van der Waals surface area contributed by atoms with Crippen LogP contribution in [0.15, 0.2) is 35.4 Å². The summed E-state index contributed by atoms with van der Waals surface area (Å²) in [4.78, 5) is 20.8. The molecule has 0 aromatic carbocycles. The Morgan fingerprint density at radius 1 is 1.31 bits per heavy atom. The van der Waals surface area contributed by atoms with Gasteiger partial charge in [0.05, 0.1) is 16.7 Å². The van der Waals surface area contributed by atoms with Crippen molar-refractivity contribution in [2.45, 2.75) is 6.92 Å². The summed E-state index contributed by atoms with van der Waals surface area (Å²) < 4.78 is 4.66. The van der Waals surface area contributed by atoms with Gasteiger partial charge in [-0.05, 0) is 13.0 Å². The van der Waals surface area contributed by atoms with E-state index in [0.717, 1.165) is 12.2 Å². The number of aliphatic carboxylic acids is 1. The van der Waals surface area contributed by atoms with Gasteiger partial charge in [0.1, 0.15) is 0 Å². The zero-order chi connectivity index (χ0) is 13.1. The largest absolute Gasteiger partial charge is 0.478 e. The molecule has 0 aliphatic heterocycles. The van der Waals surface area contributed by atoms with Gasteiger partial charge in [0.2, 0.25) is 0 Å². The van der Waals surface area contributed by atoms with Crippen molar-refractivity contribution < 1.29 is 19.4 Å². The number of carboxylic acids is 1. The molecule has 0 aromatic rings. The smallest absolute Gasteiger partial charge is 0.337 e. The summed E-state index contributed by atoms with van der Waals surface area (Å²) in [7, 11) is 0. The molecule has 1 N–H and O–H groups in total. The standard InChI is InChI=1S/C8H10O4.C2H2Cl2/c1-3-12-8(11)6(2)4-5-7(9)10;1-2(3)4/h4-5H,2-3H2,1H3,(H,9,10);1H2. The minimum absolute atomic E-state index is 0.0271. The highest BCUT2D eigenvalue weighted by atomic mass is 35.5. The Balaban J connectivity index is 0. The van der Waals surface area contributed by atoms with Crippen LogP contribution in [0.25, 0.3) is 0 Å². The van der Waals surface area contributed by atoms with Crippen molar-refractivity contribution in [2.24, 2.45) is 0 Å². The average Bonchev–Trinajstić information content (AvgIpc) is 2.13. The van der Waals surface area contributed by atoms with Gasteiger partial charge in [0, 0.05) is 6.08 Å². The molecule has 0 rings (SSSR count). The van der Waals surface area contributed by atoms with Crippen molar-refractivity contribution in [3.63, 3.8) is 0 Å². The van der Waals surface area contributed by atoms with Crippen LogP contribution in [-0.2, 0) is 14.3 Å². The fourth-order valence-corrected chi connectivity index (χ4v) is 0.464. The van der Waals surface area contributed by atoms with Crippen LogP contribution in [0.4, 0.5) is 0 Å². The molecule has 0 aliphatic carbocycles. The molecule has 0 aromatic heterocycles. The van der Waals surface area contributed by atoms with Crippen molar-refractivity contribution in [1.82, 2.24) is 0 Å². The molecule has 0 fully saturated rings. The van der Waals surface area contributed by atoms with Crippen molar-refractivity contribution in [2.75, 3.05) is 6.61 Å². The summed E-state index contributed by atoms with van der Waals surface area (Å²) in [5.74, 6) is -1.73. The number of ether oxygens (including phenoxy) is 1. The highest BCUT2D eigenvalue weighted by Gasteiger charge is 2.03. The van der Waals surface area contributed by atoms with Gasteiger partial charge in [-0.1, -0.05) is 36.4 Å². The van der Waals surface area contributed by atoms with E-state index in [9.17, 15) is 9.59 Å². The third kappa shape index (κ3) is 15.2. The molecule has 16 heavy (non-hydrogen) atoms. The molecule has 0 radical (unpaired) electrons. The molecule has 0 heterocycles. The molecule has 0 atom stereocenters. The van der Waals surface area contributed by atoms with E-state index in [4.69, 9.17) is 28.3 Å². The zero-order valence-electron chi connectivity index (χ0n) is 8.70. The molecular weight excluding hydrogens is 255 g/mol. The summed E-state index contributed by atoms with van der Waals surface area (Å²) in [5.41, 5.74) is 0.0271. The molecule has 0 bridgehead atoms. The maximum Gasteiger partial charge on any atom is 0.337 e. The summed E-state index contributed by atoms with van der Waals surface area (Å²) >= 11 is 9.69. The number of carbonyl (C=O) groups is 2. The van der Waals surface area contributed by atoms with Crippen molar-refractivity contribution in [3.05, 3.63) is 35.4 Å². The van der Waals surface area contributed by atoms with Crippen molar-refractivity contribution in [3.8, 4) is 0 Å². The highest BCUT2D eigenvalue weighted by molar-refractivity contribution is 6.55. The molecular formula is C10H12Cl2O4. The van der Waals surface area contributed by atoms with E-state index in [1.807, 2.05) is 0 Å². The summed E-state index contributed by atoms with van der Waals surface area (Å²) in [6.45, 7) is 8.31. The lowest BCUT2D eigenvalue weighted by atomic mass is 10.3. The predicted octanol–water partition coefficient (Wildman–Crippen LogP) is 2.68. The first kappa shape index (κ1) is 17.1. The SMILES string of the molecule is C=C(C=CC(=O)O)C(=O)OCC.C=C(Cl)Cl. The van der Waals surface area contributed by atoms with E-state index in [-0.39, 0.29) is 16.7 Å². The number of esters is 1. The van der Waals surface area contributed by atoms with E-state index in [0.29, 0.717) is 0 Å². The summed E-state index contributed by atoms with van der Waals surface area (Å²) in [6.07, 6.45) is 1.93. The predicted molar refractivity (Wildman–Crippen MR) is 63.4 cm³/mol. The molecule has 0 amide bonds. The summed E-state index contributed by atoms with van der Waals surface area (Å²) in [5, 5.41) is 8.19. The van der Waals surface area contributed by atoms with Crippen LogP contribution in [0.3, 0.4) is 0 Å². The Morgan fingerprint density at radius 3 is 2.06 bits per heavy atom. The van der Waals surface area contributed by atoms with Crippen LogP contribution in [0.5, 0.6) is 0 Å². The lowest BCUT2D eigenvalue weighted by Gasteiger charge is -1.98. The number of carbonyl (C=O) groups excluding carboxylic acids is 1. The molecule has 4 nitrogen and oxygen atoms in total. The van der Waals surface area contributed by atoms with Crippen LogP contribution < -0.4 is 0 Å². The van der Waals surface area contributed by atoms with Crippen molar-refractivity contribution >= 4 is 35.1 Å². The Kier molecular flexibility index (Phi) is 11.0. The first-order valence-electron chi connectivity index (χ1n) is 4.08. The lowest BCUT2D eigenvalue weighted by molar-refractivity contribution is -0.138. The molecule has 0 saturated heterocycles. The normalized spacial score (nSPS) is 8.94. The van der Waals surface area contributed by atoms with Gasteiger partial charge in [0.15, 0.2) is 0 Å². The topological polar surface area (TPSA) is 63.6 Å². The van der Waals surface area contributed by atoms with E-state index >= 15 is 0 Å². The Labute approximate surface area is 104 Å². The van der Waals surface area contributed by atoms with Gasteiger partial charge in [-0.15, -0.1) is 0 Å². The van der Waals surface area contributed by atoms with E-state index in [1.54, 1.807) is 6.92 Å².